The Labute approximate surface area is 102 Å². The van der Waals surface area contributed by atoms with Gasteiger partial charge in [-0.1, -0.05) is 46.3 Å². The summed E-state index contributed by atoms with van der Waals surface area (Å²) in [6.07, 6.45) is 4.04. The molecule has 3 aromatic rings. The average Bonchev–Trinajstić information content (AvgIpc) is 2.73. The zero-order valence-corrected chi connectivity index (χ0v) is 10.1. The summed E-state index contributed by atoms with van der Waals surface area (Å²) in [7, 11) is 0. The minimum Gasteiger partial charge on any atom is -0.306 e. The summed E-state index contributed by atoms with van der Waals surface area (Å²) in [4.78, 5) is 4.58. The monoisotopic (exact) mass is 272 g/mol. The van der Waals surface area contributed by atoms with Crippen LogP contribution in [0.3, 0.4) is 0 Å². The van der Waals surface area contributed by atoms with E-state index < -0.39 is 0 Å². The highest BCUT2D eigenvalue weighted by Crippen LogP contribution is 2.20. The van der Waals surface area contributed by atoms with Crippen LogP contribution in [-0.2, 0) is 0 Å². The van der Waals surface area contributed by atoms with Gasteiger partial charge in [0.25, 0.3) is 0 Å². The number of hydrogen-bond donors (Lipinski definition) is 0. The lowest BCUT2D eigenvalue weighted by Gasteiger charge is -1.92. The molecule has 0 atom stereocenters. The van der Waals surface area contributed by atoms with E-state index in [1.54, 1.807) is 0 Å². The Morgan fingerprint density at radius 1 is 1.06 bits per heavy atom. The molecule has 78 valence electrons. The van der Waals surface area contributed by atoms with Gasteiger partial charge in [-0.3, -0.25) is 0 Å². The van der Waals surface area contributed by atoms with Gasteiger partial charge >= 0.3 is 0 Å². The standard InChI is InChI=1S/C13H9BrN2/c14-11-6-7-16-9-12(15-13(16)8-11)10-4-2-1-3-5-10/h1-9H. The van der Waals surface area contributed by atoms with Gasteiger partial charge in [-0.2, -0.15) is 0 Å². The Balaban J connectivity index is 2.19. The fourth-order valence-corrected chi connectivity index (χ4v) is 2.03. The van der Waals surface area contributed by atoms with E-state index in [2.05, 4.69) is 33.0 Å². The van der Waals surface area contributed by atoms with Crippen LogP contribution in [0.5, 0.6) is 0 Å². The van der Waals surface area contributed by atoms with Crippen molar-refractivity contribution >= 4 is 21.6 Å². The predicted octanol–water partition coefficient (Wildman–Crippen LogP) is 3.76. The maximum absolute atomic E-state index is 4.58. The van der Waals surface area contributed by atoms with Crippen molar-refractivity contribution in [3.63, 3.8) is 0 Å². The highest BCUT2D eigenvalue weighted by molar-refractivity contribution is 9.10. The van der Waals surface area contributed by atoms with Crippen molar-refractivity contribution in [1.82, 2.24) is 9.38 Å². The quantitative estimate of drug-likeness (QED) is 0.659. The van der Waals surface area contributed by atoms with E-state index in [4.69, 9.17) is 0 Å². The Hall–Kier alpha value is -1.61. The lowest BCUT2D eigenvalue weighted by molar-refractivity contribution is 1.18. The molecule has 2 nitrogen and oxygen atoms in total. The number of rotatable bonds is 1. The number of hydrogen-bond acceptors (Lipinski definition) is 1. The van der Waals surface area contributed by atoms with Gasteiger partial charge in [0.2, 0.25) is 0 Å². The summed E-state index contributed by atoms with van der Waals surface area (Å²) < 4.78 is 3.07. The van der Waals surface area contributed by atoms with Gasteiger partial charge in [0, 0.05) is 22.4 Å². The molecule has 3 heteroatoms. The van der Waals surface area contributed by atoms with Crippen LogP contribution in [0, 0.1) is 0 Å². The molecule has 2 heterocycles. The summed E-state index contributed by atoms with van der Waals surface area (Å²) in [5.74, 6) is 0. The molecule has 0 unspecified atom stereocenters. The maximum Gasteiger partial charge on any atom is 0.138 e. The molecule has 0 spiro atoms. The number of aromatic nitrogens is 2. The largest absolute Gasteiger partial charge is 0.306 e. The SMILES string of the molecule is Brc1ccn2cc(-c3ccccc3)nc2c1. The number of imidazole rings is 1. The third-order valence-corrected chi connectivity index (χ3v) is 2.99. The molecule has 0 radical (unpaired) electrons. The van der Waals surface area contributed by atoms with E-state index >= 15 is 0 Å². The van der Waals surface area contributed by atoms with Crippen molar-refractivity contribution in [2.45, 2.75) is 0 Å². The van der Waals surface area contributed by atoms with Gasteiger partial charge in [0.05, 0.1) is 5.69 Å². The average molecular weight is 273 g/mol. The molecule has 0 saturated carbocycles. The lowest BCUT2D eigenvalue weighted by atomic mass is 10.2. The smallest absolute Gasteiger partial charge is 0.138 e. The minimum absolute atomic E-state index is 0.952. The van der Waals surface area contributed by atoms with Gasteiger partial charge in [0.1, 0.15) is 5.65 Å². The van der Waals surface area contributed by atoms with Crippen LogP contribution in [0.15, 0.2) is 59.3 Å². The number of fused-ring (bicyclic) bond motifs is 1. The highest BCUT2D eigenvalue weighted by atomic mass is 79.9. The van der Waals surface area contributed by atoms with E-state index in [0.29, 0.717) is 0 Å². The number of benzene rings is 1. The van der Waals surface area contributed by atoms with Crippen LogP contribution in [0.25, 0.3) is 16.9 Å². The van der Waals surface area contributed by atoms with Crippen LogP contribution in [0.2, 0.25) is 0 Å². The summed E-state index contributed by atoms with van der Waals surface area (Å²) in [5, 5.41) is 0. The fraction of sp³-hybridized carbons (Fsp3) is 0. The molecule has 0 aliphatic heterocycles. The molecule has 3 rings (SSSR count). The number of pyridine rings is 1. The van der Waals surface area contributed by atoms with Crippen LogP contribution < -0.4 is 0 Å². The molecule has 2 aromatic heterocycles. The first-order valence-corrected chi connectivity index (χ1v) is 5.82. The normalized spacial score (nSPS) is 10.8. The first-order chi connectivity index (χ1) is 7.83. The van der Waals surface area contributed by atoms with Gasteiger partial charge in [-0.05, 0) is 12.1 Å². The molecule has 0 aliphatic carbocycles. The Morgan fingerprint density at radius 3 is 2.69 bits per heavy atom. The summed E-state index contributed by atoms with van der Waals surface area (Å²) in [5.41, 5.74) is 3.09. The molecule has 0 aliphatic rings. The van der Waals surface area contributed by atoms with E-state index in [0.717, 1.165) is 21.4 Å². The van der Waals surface area contributed by atoms with Crippen molar-refractivity contribution in [2.75, 3.05) is 0 Å². The van der Waals surface area contributed by atoms with Gasteiger partial charge in [0.15, 0.2) is 0 Å². The van der Waals surface area contributed by atoms with Gasteiger partial charge in [-0.25, -0.2) is 4.98 Å². The zero-order valence-electron chi connectivity index (χ0n) is 8.47. The van der Waals surface area contributed by atoms with Crippen LogP contribution in [0.4, 0.5) is 0 Å². The molecule has 0 fully saturated rings. The maximum atomic E-state index is 4.58. The molecular weight excluding hydrogens is 264 g/mol. The summed E-state index contributed by atoms with van der Waals surface area (Å²) >= 11 is 3.44. The third-order valence-electron chi connectivity index (χ3n) is 2.49. The second-order valence-electron chi connectivity index (χ2n) is 3.60. The Bertz CT molecular complexity index is 629. The van der Waals surface area contributed by atoms with Crippen molar-refractivity contribution in [3.8, 4) is 11.3 Å². The Morgan fingerprint density at radius 2 is 1.88 bits per heavy atom. The summed E-state index contributed by atoms with van der Waals surface area (Å²) in [6, 6.07) is 14.2. The fourth-order valence-electron chi connectivity index (χ4n) is 1.71. The van der Waals surface area contributed by atoms with Crippen molar-refractivity contribution in [2.24, 2.45) is 0 Å². The molecule has 0 bridgehead atoms. The van der Waals surface area contributed by atoms with Gasteiger partial charge in [-0.15, -0.1) is 0 Å². The van der Waals surface area contributed by atoms with E-state index in [1.807, 2.05) is 47.1 Å². The first-order valence-electron chi connectivity index (χ1n) is 5.02. The first kappa shape index (κ1) is 9.60. The predicted molar refractivity (Wildman–Crippen MR) is 68.3 cm³/mol. The molecule has 0 amide bonds. The lowest BCUT2D eigenvalue weighted by Crippen LogP contribution is -1.79. The molecule has 1 aromatic carbocycles. The molecule has 0 saturated heterocycles. The molecule has 0 N–H and O–H groups in total. The topological polar surface area (TPSA) is 17.3 Å². The minimum atomic E-state index is 0.952. The van der Waals surface area contributed by atoms with Gasteiger partial charge < -0.3 is 4.40 Å². The molecule has 16 heavy (non-hydrogen) atoms. The zero-order chi connectivity index (χ0) is 11.0. The van der Waals surface area contributed by atoms with Crippen LogP contribution >= 0.6 is 15.9 Å². The van der Waals surface area contributed by atoms with Crippen LogP contribution in [0.1, 0.15) is 0 Å². The third kappa shape index (κ3) is 1.63. The Kier molecular flexibility index (Phi) is 2.26. The van der Waals surface area contributed by atoms with Crippen molar-refractivity contribution in [3.05, 3.63) is 59.3 Å². The second kappa shape index (κ2) is 3.76. The van der Waals surface area contributed by atoms with E-state index in [-0.39, 0.29) is 0 Å². The van der Waals surface area contributed by atoms with E-state index in [1.165, 1.54) is 0 Å². The summed E-state index contributed by atoms with van der Waals surface area (Å²) in [6.45, 7) is 0. The van der Waals surface area contributed by atoms with Crippen molar-refractivity contribution in [1.29, 1.82) is 0 Å². The van der Waals surface area contributed by atoms with E-state index in [9.17, 15) is 0 Å². The highest BCUT2D eigenvalue weighted by Gasteiger charge is 2.03. The number of halogens is 1. The van der Waals surface area contributed by atoms with Crippen molar-refractivity contribution < 1.29 is 0 Å². The van der Waals surface area contributed by atoms with Crippen LogP contribution in [-0.4, -0.2) is 9.38 Å². The number of nitrogens with zero attached hydrogens (tertiary/aromatic N) is 2. The second-order valence-corrected chi connectivity index (χ2v) is 4.52. The molecular formula is C13H9BrN2.